The van der Waals surface area contributed by atoms with Crippen molar-refractivity contribution in [1.29, 1.82) is 0 Å². The Kier molecular flexibility index (Phi) is 3.83. The molecule has 1 N–H and O–H groups in total. The Morgan fingerprint density at radius 2 is 2.24 bits per heavy atom. The van der Waals surface area contributed by atoms with Crippen molar-refractivity contribution in [2.75, 3.05) is 11.9 Å². The van der Waals surface area contributed by atoms with E-state index in [0.29, 0.717) is 6.54 Å². The molecule has 0 saturated carbocycles. The van der Waals surface area contributed by atoms with Crippen LogP contribution >= 0.6 is 0 Å². The van der Waals surface area contributed by atoms with Crippen molar-refractivity contribution in [3.05, 3.63) is 45.9 Å². The largest absolute Gasteiger partial charge is 0.478 e. The van der Waals surface area contributed by atoms with Gasteiger partial charge in [-0.25, -0.2) is 9.78 Å². The van der Waals surface area contributed by atoms with E-state index >= 15 is 0 Å². The van der Waals surface area contributed by atoms with Crippen molar-refractivity contribution in [3.8, 4) is 0 Å². The van der Waals surface area contributed by atoms with Gasteiger partial charge in [0.1, 0.15) is 0 Å². The number of aryl methyl sites for hydroxylation is 1. The van der Waals surface area contributed by atoms with Gasteiger partial charge in [-0.2, -0.15) is 5.10 Å². The minimum Gasteiger partial charge on any atom is -0.478 e. The highest BCUT2D eigenvalue weighted by molar-refractivity contribution is 5.88. The summed E-state index contributed by atoms with van der Waals surface area (Å²) < 4.78 is 1.62. The number of nitrogens with zero attached hydrogens (tertiary/aromatic N) is 5. The number of hydrogen-bond donors (Lipinski definition) is 1. The predicted molar refractivity (Wildman–Crippen MR) is 73.2 cm³/mol. The van der Waals surface area contributed by atoms with Crippen molar-refractivity contribution in [1.82, 2.24) is 14.8 Å². The van der Waals surface area contributed by atoms with Crippen LogP contribution in [-0.2, 0) is 13.6 Å². The summed E-state index contributed by atoms with van der Waals surface area (Å²) in [4.78, 5) is 26.8. The van der Waals surface area contributed by atoms with Gasteiger partial charge in [0.2, 0.25) is 5.82 Å². The molecule has 0 amide bonds. The Balaban J connectivity index is 2.33. The van der Waals surface area contributed by atoms with Gasteiger partial charge in [-0.05, 0) is 0 Å². The highest BCUT2D eigenvalue weighted by Gasteiger charge is 2.22. The van der Waals surface area contributed by atoms with Crippen molar-refractivity contribution >= 4 is 17.5 Å². The molecule has 0 fully saturated rings. The van der Waals surface area contributed by atoms with Gasteiger partial charge in [0.15, 0.2) is 0 Å². The zero-order valence-electron chi connectivity index (χ0n) is 11.4. The number of carboxylic acids is 1. The summed E-state index contributed by atoms with van der Waals surface area (Å²) in [6.45, 7) is 0.369. The molecule has 2 heterocycles. The molecule has 0 unspecified atom stereocenters. The monoisotopic (exact) mass is 291 g/mol. The smallest absolute Gasteiger partial charge is 0.337 e. The minimum atomic E-state index is -1.26. The fourth-order valence-electron chi connectivity index (χ4n) is 1.89. The fraction of sp³-hybridized carbons (Fsp3) is 0.250. The lowest BCUT2D eigenvalue weighted by Gasteiger charge is -2.17. The minimum absolute atomic E-state index is 0.105. The van der Waals surface area contributed by atoms with Gasteiger partial charge < -0.3 is 10.0 Å². The highest BCUT2D eigenvalue weighted by Crippen LogP contribution is 2.26. The standard InChI is InChI=1S/C12H13N5O4/c1-15(6-8-4-14-16(2)7-8)11-10(17(20)21)3-9(5-13-11)12(18)19/h3-5,7H,6H2,1-2H3,(H,18,19). The number of aromatic carboxylic acids is 1. The predicted octanol–water partition coefficient (Wildman–Crippen LogP) is 1.06. The molecule has 0 aromatic carbocycles. The summed E-state index contributed by atoms with van der Waals surface area (Å²) in [5.74, 6) is -1.15. The van der Waals surface area contributed by atoms with E-state index in [4.69, 9.17) is 5.11 Å². The third kappa shape index (κ3) is 3.14. The molecule has 0 aliphatic heterocycles. The summed E-state index contributed by atoms with van der Waals surface area (Å²) in [6.07, 6.45) is 4.53. The van der Waals surface area contributed by atoms with E-state index in [2.05, 4.69) is 10.1 Å². The lowest BCUT2D eigenvalue weighted by Crippen LogP contribution is -2.19. The van der Waals surface area contributed by atoms with Crippen molar-refractivity contribution in [2.24, 2.45) is 7.05 Å². The number of rotatable bonds is 5. The third-order valence-electron chi connectivity index (χ3n) is 2.83. The van der Waals surface area contributed by atoms with Crippen molar-refractivity contribution in [2.45, 2.75) is 6.54 Å². The summed E-state index contributed by atoms with van der Waals surface area (Å²) >= 11 is 0. The molecular weight excluding hydrogens is 278 g/mol. The van der Waals surface area contributed by atoms with Gasteiger partial charge in [0.25, 0.3) is 0 Å². The summed E-state index contributed by atoms with van der Waals surface area (Å²) in [5.41, 5.74) is 0.292. The molecule has 0 saturated heterocycles. The normalized spacial score (nSPS) is 10.4. The third-order valence-corrected chi connectivity index (χ3v) is 2.83. The number of carbonyl (C=O) groups is 1. The Bertz CT molecular complexity index is 697. The van der Waals surface area contributed by atoms with E-state index in [1.165, 1.54) is 0 Å². The first kappa shape index (κ1) is 14.4. The molecular formula is C12H13N5O4. The summed E-state index contributed by atoms with van der Waals surface area (Å²) in [7, 11) is 3.41. The Morgan fingerprint density at radius 1 is 1.52 bits per heavy atom. The number of pyridine rings is 1. The first-order valence-corrected chi connectivity index (χ1v) is 5.95. The second kappa shape index (κ2) is 5.57. The van der Waals surface area contributed by atoms with E-state index in [0.717, 1.165) is 17.8 Å². The van der Waals surface area contributed by atoms with E-state index in [9.17, 15) is 14.9 Å². The van der Waals surface area contributed by atoms with Gasteiger partial charge in [-0.3, -0.25) is 14.8 Å². The maximum Gasteiger partial charge on any atom is 0.337 e. The molecule has 9 heteroatoms. The Morgan fingerprint density at radius 3 is 2.76 bits per heavy atom. The highest BCUT2D eigenvalue weighted by atomic mass is 16.6. The maximum absolute atomic E-state index is 11.1. The topological polar surface area (TPSA) is 114 Å². The van der Waals surface area contributed by atoms with Crippen LogP contribution in [0.2, 0.25) is 0 Å². The lowest BCUT2D eigenvalue weighted by atomic mass is 10.2. The van der Waals surface area contributed by atoms with Crippen molar-refractivity contribution < 1.29 is 14.8 Å². The van der Waals surface area contributed by atoms with E-state index in [1.807, 2.05) is 0 Å². The molecule has 0 spiro atoms. The first-order chi connectivity index (χ1) is 9.88. The SMILES string of the molecule is CN(Cc1cnn(C)c1)c1ncc(C(=O)O)cc1[N+](=O)[O-]. The molecule has 0 radical (unpaired) electrons. The van der Waals surface area contributed by atoms with Crippen LogP contribution in [0.15, 0.2) is 24.7 Å². The number of hydrogen-bond acceptors (Lipinski definition) is 6. The molecule has 0 atom stereocenters. The van der Waals surface area contributed by atoms with Gasteiger partial charge >= 0.3 is 11.7 Å². The van der Waals surface area contributed by atoms with Crippen LogP contribution in [0.25, 0.3) is 0 Å². The number of nitro groups is 1. The molecule has 9 nitrogen and oxygen atoms in total. The second-order valence-corrected chi connectivity index (χ2v) is 4.51. The maximum atomic E-state index is 11.1. The van der Waals surface area contributed by atoms with Crippen molar-refractivity contribution in [3.63, 3.8) is 0 Å². The lowest BCUT2D eigenvalue weighted by molar-refractivity contribution is -0.384. The molecule has 110 valence electrons. The van der Waals surface area contributed by atoms with E-state index < -0.39 is 10.9 Å². The number of anilines is 1. The van der Waals surface area contributed by atoms with E-state index in [1.54, 1.807) is 36.1 Å². The molecule has 0 bridgehead atoms. The summed E-state index contributed by atoms with van der Waals surface area (Å²) in [5, 5.41) is 24.0. The number of aromatic nitrogens is 3. The average Bonchev–Trinajstić information content (AvgIpc) is 2.83. The fourth-order valence-corrected chi connectivity index (χ4v) is 1.89. The van der Waals surface area contributed by atoms with Crippen LogP contribution in [-0.4, -0.2) is 37.8 Å². The molecule has 2 aromatic rings. The van der Waals surface area contributed by atoms with Gasteiger partial charge in [0, 0.05) is 44.7 Å². The van der Waals surface area contributed by atoms with Crippen LogP contribution in [0.1, 0.15) is 15.9 Å². The molecule has 0 aliphatic carbocycles. The van der Waals surface area contributed by atoms with Gasteiger partial charge in [-0.1, -0.05) is 0 Å². The zero-order chi connectivity index (χ0) is 15.6. The molecule has 21 heavy (non-hydrogen) atoms. The zero-order valence-corrected chi connectivity index (χ0v) is 11.4. The molecule has 0 aliphatic rings. The van der Waals surface area contributed by atoms with Crippen LogP contribution < -0.4 is 4.90 Å². The Hall–Kier alpha value is -2.97. The molecule has 2 rings (SSSR count). The number of carboxylic acid groups (broad SMARTS) is 1. The Labute approximate surface area is 119 Å². The molecule has 2 aromatic heterocycles. The average molecular weight is 291 g/mol. The van der Waals surface area contributed by atoms with E-state index in [-0.39, 0.29) is 17.1 Å². The van der Waals surface area contributed by atoms with Gasteiger partial charge in [-0.15, -0.1) is 0 Å². The second-order valence-electron chi connectivity index (χ2n) is 4.51. The summed E-state index contributed by atoms with van der Waals surface area (Å²) in [6, 6.07) is 1.00. The first-order valence-electron chi connectivity index (χ1n) is 5.95. The van der Waals surface area contributed by atoms with Gasteiger partial charge in [0.05, 0.1) is 16.7 Å². The van der Waals surface area contributed by atoms with Crippen LogP contribution in [0, 0.1) is 10.1 Å². The van der Waals surface area contributed by atoms with Crippen LogP contribution in [0.5, 0.6) is 0 Å². The quantitative estimate of drug-likeness (QED) is 0.646. The van der Waals surface area contributed by atoms with Crippen LogP contribution in [0.4, 0.5) is 11.5 Å². The van der Waals surface area contributed by atoms with Crippen LogP contribution in [0.3, 0.4) is 0 Å².